The molecule has 1 aromatic carbocycles. The SMILES string of the molecule is CCC1CCCCC1OCc1ccc(F)cc1N. The molecule has 1 aromatic rings. The van der Waals surface area contributed by atoms with E-state index in [-0.39, 0.29) is 5.82 Å². The predicted octanol–water partition coefficient (Wildman–Crippen LogP) is 3.89. The molecule has 0 saturated heterocycles. The van der Waals surface area contributed by atoms with Crippen LogP contribution in [0.25, 0.3) is 0 Å². The normalized spacial score (nSPS) is 24.1. The number of halogens is 1. The Bertz CT molecular complexity index is 394. The van der Waals surface area contributed by atoms with Crippen LogP contribution in [0.1, 0.15) is 44.6 Å². The van der Waals surface area contributed by atoms with E-state index in [1.807, 2.05) is 0 Å². The van der Waals surface area contributed by atoms with Crippen LogP contribution in [0.3, 0.4) is 0 Å². The average molecular weight is 251 g/mol. The molecule has 2 nitrogen and oxygen atoms in total. The molecule has 1 aliphatic carbocycles. The highest BCUT2D eigenvalue weighted by Gasteiger charge is 2.24. The Labute approximate surface area is 108 Å². The van der Waals surface area contributed by atoms with Gasteiger partial charge in [0.15, 0.2) is 0 Å². The highest BCUT2D eigenvalue weighted by Crippen LogP contribution is 2.30. The van der Waals surface area contributed by atoms with Crippen molar-refractivity contribution in [1.29, 1.82) is 0 Å². The number of benzene rings is 1. The van der Waals surface area contributed by atoms with E-state index < -0.39 is 0 Å². The van der Waals surface area contributed by atoms with Crippen molar-refractivity contribution in [2.75, 3.05) is 5.73 Å². The topological polar surface area (TPSA) is 35.2 Å². The molecule has 0 amide bonds. The van der Waals surface area contributed by atoms with E-state index >= 15 is 0 Å². The number of hydrogen-bond donors (Lipinski definition) is 1. The van der Waals surface area contributed by atoms with Crippen LogP contribution >= 0.6 is 0 Å². The lowest BCUT2D eigenvalue weighted by atomic mass is 9.85. The second-order valence-electron chi connectivity index (χ2n) is 5.15. The van der Waals surface area contributed by atoms with Crippen LogP contribution in [0.4, 0.5) is 10.1 Å². The fourth-order valence-electron chi connectivity index (χ4n) is 2.75. The fourth-order valence-corrected chi connectivity index (χ4v) is 2.75. The van der Waals surface area contributed by atoms with Gasteiger partial charge in [0, 0.05) is 11.3 Å². The third-order valence-electron chi connectivity index (χ3n) is 3.92. The molecular formula is C15H22FNO. The summed E-state index contributed by atoms with van der Waals surface area (Å²) in [5.74, 6) is 0.376. The van der Waals surface area contributed by atoms with Crippen LogP contribution < -0.4 is 5.73 Å². The van der Waals surface area contributed by atoms with E-state index in [9.17, 15) is 4.39 Å². The van der Waals surface area contributed by atoms with Crippen molar-refractivity contribution in [3.05, 3.63) is 29.6 Å². The van der Waals surface area contributed by atoms with E-state index in [0.29, 0.717) is 24.3 Å². The first-order valence-corrected chi connectivity index (χ1v) is 6.86. The first-order chi connectivity index (χ1) is 8.70. The van der Waals surface area contributed by atoms with Gasteiger partial charge in [-0.3, -0.25) is 0 Å². The Morgan fingerprint density at radius 2 is 2.11 bits per heavy atom. The zero-order chi connectivity index (χ0) is 13.0. The molecule has 0 aromatic heterocycles. The van der Waals surface area contributed by atoms with E-state index in [4.69, 9.17) is 10.5 Å². The molecule has 2 atom stereocenters. The first kappa shape index (κ1) is 13.3. The number of rotatable bonds is 4. The van der Waals surface area contributed by atoms with E-state index in [1.54, 1.807) is 6.07 Å². The molecule has 2 rings (SSSR count). The molecule has 2 N–H and O–H groups in total. The Kier molecular flexibility index (Phi) is 4.59. The second kappa shape index (κ2) is 6.19. The zero-order valence-electron chi connectivity index (χ0n) is 11.0. The molecule has 0 spiro atoms. The summed E-state index contributed by atoms with van der Waals surface area (Å²) >= 11 is 0. The van der Waals surface area contributed by atoms with E-state index in [0.717, 1.165) is 12.0 Å². The summed E-state index contributed by atoms with van der Waals surface area (Å²) in [6.07, 6.45) is 6.48. The maximum atomic E-state index is 12.9. The van der Waals surface area contributed by atoms with Crippen molar-refractivity contribution >= 4 is 5.69 Å². The molecule has 100 valence electrons. The van der Waals surface area contributed by atoms with Crippen molar-refractivity contribution in [2.24, 2.45) is 5.92 Å². The summed E-state index contributed by atoms with van der Waals surface area (Å²) in [5.41, 5.74) is 7.16. The minimum absolute atomic E-state index is 0.291. The maximum absolute atomic E-state index is 12.9. The molecule has 0 radical (unpaired) electrons. The van der Waals surface area contributed by atoms with Crippen LogP contribution in [-0.4, -0.2) is 6.10 Å². The summed E-state index contributed by atoms with van der Waals surface area (Å²) in [7, 11) is 0. The van der Waals surface area contributed by atoms with Gasteiger partial charge in [-0.05, 0) is 30.9 Å². The summed E-state index contributed by atoms with van der Waals surface area (Å²) in [6, 6.07) is 4.51. The Morgan fingerprint density at radius 3 is 2.83 bits per heavy atom. The third-order valence-corrected chi connectivity index (χ3v) is 3.92. The monoisotopic (exact) mass is 251 g/mol. The van der Waals surface area contributed by atoms with Gasteiger partial charge < -0.3 is 10.5 Å². The van der Waals surface area contributed by atoms with Gasteiger partial charge in [0.1, 0.15) is 5.82 Å². The summed E-state index contributed by atoms with van der Waals surface area (Å²) in [6.45, 7) is 2.71. The van der Waals surface area contributed by atoms with Gasteiger partial charge in [0.2, 0.25) is 0 Å². The van der Waals surface area contributed by atoms with Crippen molar-refractivity contribution in [2.45, 2.75) is 51.7 Å². The molecule has 0 bridgehead atoms. The lowest BCUT2D eigenvalue weighted by Gasteiger charge is -2.30. The van der Waals surface area contributed by atoms with Crippen LogP contribution in [-0.2, 0) is 11.3 Å². The fraction of sp³-hybridized carbons (Fsp3) is 0.600. The first-order valence-electron chi connectivity index (χ1n) is 6.86. The zero-order valence-corrected chi connectivity index (χ0v) is 11.0. The molecule has 1 fully saturated rings. The van der Waals surface area contributed by atoms with Gasteiger partial charge >= 0.3 is 0 Å². The standard InChI is InChI=1S/C15H22FNO/c1-2-11-5-3-4-6-15(11)18-10-12-7-8-13(16)9-14(12)17/h7-9,11,15H,2-6,10,17H2,1H3. The van der Waals surface area contributed by atoms with Crippen LogP contribution in [0.15, 0.2) is 18.2 Å². The lowest BCUT2D eigenvalue weighted by Crippen LogP contribution is -2.27. The number of nitrogens with two attached hydrogens (primary N) is 1. The Hall–Kier alpha value is -1.09. The van der Waals surface area contributed by atoms with Crippen molar-refractivity contribution in [3.63, 3.8) is 0 Å². The van der Waals surface area contributed by atoms with E-state index in [1.165, 1.54) is 37.8 Å². The molecule has 0 heterocycles. The highest BCUT2D eigenvalue weighted by atomic mass is 19.1. The summed E-state index contributed by atoms with van der Waals surface area (Å²) in [4.78, 5) is 0. The predicted molar refractivity (Wildman–Crippen MR) is 71.6 cm³/mol. The smallest absolute Gasteiger partial charge is 0.125 e. The minimum Gasteiger partial charge on any atom is -0.398 e. The Morgan fingerprint density at radius 1 is 1.33 bits per heavy atom. The van der Waals surface area contributed by atoms with Gasteiger partial charge in [0.05, 0.1) is 12.7 Å². The molecule has 18 heavy (non-hydrogen) atoms. The van der Waals surface area contributed by atoms with Gasteiger partial charge in [0.25, 0.3) is 0 Å². The number of ether oxygens (including phenoxy) is 1. The Balaban J connectivity index is 1.93. The summed E-state index contributed by atoms with van der Waals surface area (Å²) in [5, 5.41) is 0. The molecule has 1 aliphatic rings. The molecule has 0 aliphatic heterocycles. The highest BCUT2D eigenvalue weighted by molar-refractivity contribution is 5.46. The molecule has 2 unspecified atom stereocenters. The van der Waals surface area contributed by atoms with Gasteiger partial charge in [-0.15, -0.1) is 0 Å². The molecule has 1 saturated carbocycles. The number of nitrogen functional groups attached to an aromatic ring is 1. The van der Waals surface area contributed by atoms with Crippen molar-refractivity contribution < 1.29 is 9.13 Å². The van der Waals surface area contributed by atoms with Crippen molar-refractivity contribution in [1.82, 2.24) is 0 Å². The third kappa shape index (κ3) is 3.22. The van der Waals surface area contributed by atoms with E-state index in [2.05, 4.69) is 6.92 Å². The second-order valence-corrected chi connectivity index (χ2v) is 5.15. The molecule has 3 heteroatoms. The molecular weight excluding hydrogens is 229 g/mol. The minimum atomic E-state index is -0.291. The van der Waals surface area contributed by atoms with Gasteiger partial charge in [-0.25, -0.2) is 4.39 Å². The van der Waals surface area contributed by atoms with Gasteiger partial charge in [-0.2, -0.15) is 0 Å². The average Bonchev–Trinajstić information content (AvgIpc) is 2.38. The van der Waals surface area contributed by atoms with Crippen LogP contribution in [0.2, 0.25) is 0 Å². The summed E-state index contributed by atoms with van der Waals surface area (Å²) < 4.78 is 18.9. The largest absolute Gasteiger partial charge is 0.398 e. The van der Waals surface area contributed by atoms with Gasteiger partial charge in [-0.1, -0.05) is 32.3 Å². The lowest BCUT2D eigenvalue weighted by molar-refractivity contribution is -0.0219. The number of hydrogen-bond acceptors (Lipinski definition) is 2. The quantitative estimate of drug-likeness (QED) is 0.824. The number of anilines is 1. The van der Waals surface area contributed by atoms with Crippen LogP contribution in [0.5, 0.6) is 0 Å². The maximum Gasteiger partial charge on any atom is 0.125 e. The van der Waals surface area contributed by atoms with Crippen LogP contribution in [0, 0.1) is 11.7 Å². The van der Waals surface area contributed by atoms with Crippen molar-refractivity contribution in [3.8, 4) is 0 Å².